The summed E-state index contributed by atoms with van der Waals surface area (Å²) in [7, 11) is 1.59. The number of esters is 1. The second-order valence-electron chi connectivity index (χ2n) is 6.14. The van der Waals surface area contributed by atoms with Crippen LogP contribution in [-0.4, -0.2) is 25.1 Å². The number of ether oxygens (including phenoxy) is 2. The van der Waals surface area contributed by atoms with Gasteiger partial charge in [0.05, 0.1) is 7.11 Å². The highest BCUT2D eigenvalue weighted by molar-refractivity contribution is 5.97. The Morgan fingerprint density at radius 3 is 2.48 bits per heavy atom. The first-order valence-corrected chi connectivity index (χ1v) is 8.86. The van der Waals surface area contributed by atoms with Gasteiger partial charge in [0.1, 0.15) is 5.75 Å². The Balaban J connectivity index is 1.95. The topological polar surface area (TPSA) is 64.6 Å². The maximum Gasteiger partial charge on any atom is 0.331 e. The molecule has 142 valence electrons. The highest BCUT2D eigenvalue weighted by atomic mass is 16.5. The summed E-state index contributed by atoms with van der Waals surface area (Å²) in [6, 6.07) is 13.1. The molecule has 1 amide bonds. The Hall–Kier alpha value is -3.08. The molecule has 2 rings (SSSR count). The van der Waals surface area contributed by atoms with Gasteiger partial charge >= 0.3 is 5.97 Å². The average Bonchev–Trinajstić information content (AvgIpc) is 2.68. The van der Waals surface area contributed by atoms with E-state index >= 15 is 0 Å². The van der Waals surface area contributed by atoms with Gasteiger partial charge in [-0.2, -0.15) is 0 Å². The van der Waals surface area contributed by atoms with Crippen LogP contribution in [0.15, 0.2) is 48.5 Å². The Morgan fingerprint density at radius 2 is 1.85 bits per heavy atom. The lowest BCUT2D eigenvalue weighted by atomic mass is 10.1. The summed E-state index contributed by atoms with van der Waals surface area (Å²) in [5.74, 6) is -0.193. The Bertz CT molecular complexity index is 825. The summed E-state index contributed by atoms with van der Waals surface area (Å²) in [6.45, 7) is 5.51. The molecule has 1 unspecified atom stereocenters. The zero-order chi connectivity index (χ0) is 19.8. The molecule has 1 N–H and O–H groups in total. The van der Waals surface area contributed by atoms with Crippen LogP contribution in [0.1, 0.15) is 30.5 Å². The minimum absolute atomic E-state index is 0.356. The third-order valence-corrected chi connectivity index (χ3v) is 4.18. The molecule has 0 saturated heterocycles. The minimum atomic E-state index is -0.901. The number of nitrogens with one attached hydrogen (secondary N) is 1. The van der Waals surface area contributed by atoms with E-state index in [1.807, 2.05) is 44.2 Å². The maximum absolute atomic E-state index is 12.4. The third-order valence-electron chi connectivity index (χ3n) is 4.18. The van der Waals surface area contributed by atoms with Gasteiger partial charge in [0.2, 0.25) is 0 Å². The molecule has 0 bridgehead atoms. The first kappa shape index (κ1) is 20.2. The molecule has 2 aromatic carbocycles. The lowest BCUT2D eigenvalue weighted by Crippen LogP contribution is -2.30. The van der Waals surface area contributed by atoms with Crippen molar-refractivity contribution < 1.29 is 19.1 Å². The number of benzene rings is 2. The second kappa shape index (κ2) is 9.57. The predicted molar refractivity (Wildman–Crippen MR) is 107 cm³/mol. The number of hydrogen-bond donors (Lipinski definition) is 1. The molecular formula is C22H25NO4. The fourth-order valence-electron chi connectivity index (χ4n) is 2.57. The number of para-hydroxylation sites is 1. The van der Waals surface area contributed by atoms with Gasteiger partial charge in [0.25, 0.3) is 5.91 Å². The summed E-state index contributed by atoms with van der Waals surface area (Å²) in [5.41, 5.74) is 3.63. The molecule has 0 aliphatic rings. The lowest BCUT2D eigenvalue weighted by Gasteiger charge is -2.16. The Morgan fingerprint density at radius 1 is 1.15 bits per heavy atom. The molecule has 5 nitrogen and oxygen atoms in total. The first-order valence-electron chi connectivity index (χ1n) is 8.86. The number of carbonyl (C=O) groups excluding carboxylic acids is 2. The van der Waals surface area contributed by atoms with E-state index in [1.165, 1.54) is 6.08 Å². The number of methoxy groups -OCH3 is 1. The molecule has 0 aromatic heterocycles. The van der Waals surface area contributed by atoms with Crippen molar-refractivity contribution in [3.8, 4) is 5.75 Å². The van der Waals surface area contributed by atoms with Gasteiger partial charge in [-0.05, 0) is 55.2 Å². The van der Waals surface area contributed by atoms with E-state index in [4.69, 9.17) is 9.47 Å². The first-order chi connectivity index (χ1) is 12.9. The molecule has 0 aliphatic carbocycles. The van der Waals surface area contributed by atoms with Gasteiger partial charge in [-0.15, -0.1) is 0 Å². The summed E-state index contributed by atoms with van der Waals surface area (Å²) in [4.78, 5) is 24.4. The number of anilines is 1. The van der Waals surface area contributed by atoms with E-state index in [1.54, 1.807) is 32.2 Å². The summed E-state index contributed by atoms with van der Waals surface area (Å²) in [5, 5.41) is 2.87. The van der Waals surface area contributed by atoms with Crippen molar-refractivity contribution in [1.29, 1.82) is 0 Å². The van der Waals surface area contributed by atoms with Gasteiger partial charge in [-0.25, -0.2) is 4.79 Å². The van der Waals surface area contributed by atoms with E-state index < -0.39 is 12.1 Å². The molecule has 27 heavy (non-hydrogen) atoms. The van der Waals surface area contributed by atoms with Crippen molar-refractivity contribution in [2.75, 3.05) is 12.4 Å². The SMILES string of the molecule is CCc1cccc(C)c1NC(=O)C(C)OC(=O)/C=C/c1ccc(OC)cc1. The molecule has 0 radical (unpaired) electrons. The van der Waals surface area contributed by atoms with Crippen molar-refractivity contribution in [3.05, 3.63) is 65.2 Å². The lowest BCUT2D eigenvalue weighted by molar-refractivity contribution is -0.148. The second-order valence-corrected chi connectivity index (χ2v) is 6.14. The van der Waals surface area contributed by atoms with Gasteiger partial charge in [0, 0.05) is 11.8 Å². The van der Waals surface area contributed by atoms with Crippen LogP contribution >= 0.6 is 0 Å². The molecule has 0 fully saturated rings. The fourth-order valence-corrected chi connectivity index (χ4v) is 2.57. The highest BCUT2D eigenvalue weighted by Crippen LogP contribution is 2.21. The fraction of sp³-hybridized carbons (Fsp3) is 0.273. The standard InChI is InChI=1S/C22H25NO4/c1-5-18-8-6-7-15(2)21(18)23-22(25)16(3)27-20(24)14-11-17-9-12-19(26-4)13-10-17/h6-14,16H,5H2,1-4H3,(H,23,25)/b14-11+. The smallest absolute Gasteiger partial charge is 0.331 e. The summed E-state index contributed by atoms with van der Waals surface area (Å²) in [6.07, 6.45) is 2.83. The zero-order valence-electron chi connectivity index (χ0n) is 16.1. The quantitative estimate of drug-likeness (QED) is 0.590. The molecule has 2 aromatic rings. The van der Waals surface area contributed by atoms with E-state index in [0.29, 0.717) is 0 Å². The Labute approximate surface area is 160 Å². The van der Waals surface area contributed by atoms with Crippen LogP contribution in [0.5, 0.6) is 5.75 Å². The van der Waals surface area contributed by atoms with Crippen LogP contribution in [0.3, 0.4) is 0 Å². The van der Waals surface area contributed by atoms with Crippen LogP contribution in [0, 0.1) is 6.92 Å². The van der Waals surface area contributed by atoms with Crippen molar-refractivity contribution in [2.24, 2.45) is 0 Å². The van der Waals surface area contributed by atoms with E-state index in [0.717, 1.165) is 34.5 Å². The number of carbonyl (C=O) groups is 2. The van der Waals surface area contributed by atoms with Gasteiger partial charge in [0.15, 0.2) is 6.10 Å². The van der Waals surface area contributed by atoms with Gasteiger partial charge in [-0.3, -0.25) is 4.79 Å². The van der Waals surface area contributed by atoms with Crippen LogP contribution in [0.25, 0.3) is 6.08 Å². The average molecular weight is 367 g/mol. The summed E-state index contributed by atoms with van der Waals surface area (Å²) < 4.78 is 10.3. The molecule has 1 atom stereocenters. The molecular weight excluding hydrogens is 342 g/mol. The highest BCUT2D eigenvalue weighted by Gasteiger charge is 2.18. The van der Waals surface area contributed by atoms with Crippen LogP contribution in [0.4, 0.5) is 5.69 Å². The van der Waals surface area contributed by atoms with Gasteiger partial charge in [-0.1, -0.05) is 37.3 Å². The number of amides is 1. The third kappa shape index (κ3) is 5.71. The maximum atomic E-state index is 12.4. The molecule has 0 spiro atoms. The van der Waals surface area contributed by atoms with Crippen molar-refractivity contribution in [1.82, 2.24) is 0 Å². The van der Waals surface area contributed by atoms with E-state index in [9.17, 15) is 9.59 Å². The molecule has 5 heteroatoms. The van der Waals surface area contributed by atoms with Crippen molar-refractivity contribution >= 4 is 23.6 Å². The van der Waals surface area contributed by atoms with Crippen molar-refractivity contribution in [2.45, 2.75) is 33.3 Å². The van der Waals surface area contributed by atoms with Crippen LogP contribution in [0.2, 0.25) is 0 Å². The molecule has 0 saturated carbocycles. The largest absolute Gasteiger partial charge is 0.497 e. The van der Waals surface area contributed by atoms with Crippen molar-refractivity contribution in [3.63, 3.8) is 0 Å². The predicted octanol–water partition coefficient (Wildman–Crippen LogP) is 4.15. The molecule has 0 heterocycles. The Kier molecular flexibility index (Phi) is 7.17. The monoisotopic (exact) mass is 367 g/mol. The normalized spacial score (nSPS) is 11.9. The number of hydrogen-bond acceptors (Lipinski definition) is 4. The molecule has 0 aliphatic heterocycles. The summed E-state index contributed by atoms with van der Waals surface area (Å²) >= 11 is 0. The van der Waals surface area contributed by atoms with E-state index in [2.05, 4.69) is 5.32 Å². The van der Waals surface area contributed by atoms with Crippen LogP contribution < -0.4 is 10.1 Å². The van der Waals surface area contributed by atoms with Crippen LogP contribution in [-0.2, 0) is 20.7 Å². The number of rotatable bonds is 7. The van der Waals surface area contributed by atoms with Gasteiger partial charge < -0.3 is 14.8 Å². The zero-order valence-corrected chi connectivity index (χ0v) is 16.1. The number of aryl methyl sites for hydroxylation is 2. The minimum Gasteiger partial charge on any atom is -0.497 e. The van der Waals surface area contributed by atoms with E-state index in [-0.39, 0.29) is 5.91 Å².